The Morgan fingerprint density at radius 1 is 1.47 bits per heavy atom. The fourth-order valence-electron chi connectivity index (χ4n) is 1.75. The van der Waals surface area contributed by atoms with Gasteiger partial charge in [-0.1, -0.05) is 6.92 Å². The molecular weight excluding hydrogens is 194 g/mol. The third-order valence-corrected chi connectivity index (χ3v) is 2.54. The molecule has 1 aliphatic rings. The van der Waals surface area contributed by atoms with Gasteiger partial charge in [0.25, 0.3) is 0 Å². The lowest BCUT2D eigenvalue weighted by Gasteiger charge is -2.27. The summed E-state index contributed by atoms with van der Waals surface area (Å²) < 4.78 is 0. The minimum absolute atomic E-state index is 0.0834. The number of H-pyrrole nitrogens is 1. The van der Waals surface area contributed by atoms with Crippen LogP contribution < -0.4 is 0 Å². The Morgan fingerprint density at radius 2 is 2.13 bits per heavy atom. The number of hydrogen-bond acceptors (Lipinski definition) is 3. The SMILES string of the molecule is CC1CC(=O)N(Cc2cn[nH]c2)C(=O)C1. The molecule has 1 N–H and O–H groups in total. The number of nitrogens with one attached hydrogen (secondary N) is 1. The second-order valence-electron chi connectivity index (χ2n) is 3.99. The average Bonchev–Trinajstić information content (AvgIpc) is 2.63. The van der Waals surface area contributed by atoms with Crippen LogP contribution in [0.15, 0.2) is 12.4 Å². The molecule has 0 unspecified atom stereocenters. The van der Waals surface area contributed by atoms with E-state index in [0.29, 0.717) is 19.4 Å². The molecule has 1 aliphatic heterocycles. The van der Waals surface area contributed by atoms with Gasteiger partial charge < -0.3 is 0 Å². The second kappa shape index (κ2) is 3.84. The van der Waals surface area contributed by atoms with Crippen LogP contribution in [0.3, 0.4) is 0 Å². The molecule has 1 aromatic heterocycles. The summed E-state index contributed by atoms with van der Waals surface area (Å²) in [5.41, 5.74) is 0.853. The zero-order valence-corrected chi connectivity index (χ0v) is 8.56. The summed E-state index contributed by atoms with van der Waals surface area (Å²) in [5, 5.41) is 6.44. The maximum absolute atomic E-state index is 11.6. The van der Waals surface area contributed by atoms with Gasteiger partial charge in [0.15, 0.2) is 0 Å². The molecule has 5 heteroatoms. The number of piperidine rings is 1. The molecule has 0 aromatic carbocycles. The van der Waals surface area contributed by atoms with Crippen LogP contribution in [-0.2, 0) is 16.1 Å². The third kappa shape index (κ3) is 2.06. The van der Waals surface area contributed by atoms with Crippen LogP contribution in [0.4, 0.5) is 0 Å². The summed E-state index contributed by atoms with van der Waals surface area (Å²) in [6, 6.07) is 0. The van der Waals surface area contributed by atoms with Crippen molar-refractivity contribution < 1.29 is 9.59 Å². The van der Waals surface area contributed by atoms with Gasteiger partial charge in [-0.25, -0.2) is 0 Å². The number of carbonyl (C=O) groups is 2. The standard InChI is InChI=1S/C10H13N3O2/c1-7-2-9(14)13(10(15)3-7)6-8-4-11-12-5-8/h4-5,7H,2-3,6H2,1H3,(H,11,12). The van der Waals surface area contributed by atoms with E-state index in [0.717, 1.165) is 5.56 Å². The monoisotopic (exact) mass is 207 g/mol. The molecule has 0 radical (unpaired) electrons. The van der Waals surface area contributed by atoms with Crippen LogP contribution in [0.25, 0.3) is 0 Å². The van der Waals surface area contributed by atoms with Crippen LogP contribution in [0.1, 0.15) is 25.3 Å². The van der Waals surface area contributed by atoms with Gasteiger partial charge in [0.2, 0.25) is 11.8 Å². The predicted octanol–water partition coefficient (Wildman–Crippen LogP) is 0.695. The molecule has 0 saturated carbocycles. The number of amides is 2. The van der Waals surface area contributed by atoms with E-state index in [2.05, 4.69) is 10.2 Å². The molecule has 1 aromatic rings. The minimum atomic E-state index is -0.0834. The third-order valence-electron chi connectivity index (χ3n) is 2.54. The maximum Gasteiger partial charge on any atom is 0.229 e. The second-order valence-corrected chi connectivity index (χ2v) is 3.99. The van der Waals surface area contributed by atoms with E-state index in [-0.39, 0.29) is 17.7 Å². The Labute approximate surface area is 87.5 Å². The number of rotatable bonds is 2. The van der Waals surface area contributed by atoms with Crippen LogP contribution in [0.2, 0.25) is 0 Å². The quantitative estimate of drug-likeness (QED) is 0.726. The summed E-state index contributed by atoms with van der Waals surface area (Å²) in [5.74, 6) is 0.00509. The molecular formula is C10H13N3O2. The highest BCUT2D eigenvalue weighted by Crippen LogP contribution is 2.20. The lowest BCUT2D eigenvalue weighted by Crippen LogP contribution is -2.42. The van der Waals surface area contributed by atoms with Gasteiger partial charge in [-0.3, -0.25) is 19.6 Å². The summed E-state index contributed by atoms with van der Waals surface area (Å²) in [6.45, 7) is 2.26. The summed E-state index contributed by atoms with van der Waals surface area (Å²) in [6.07, 6.45) is 4.24. The normalized spacial score (nSPS) is 18.6. The first-order valence-corrected chi connectivity index (χ1v) is 4.97. The fourth-order valence-corrected chi connectivity index (χ4v) is 1.75. The van der Waals surface area contributed by atoms with E-state index in [1.165, 1.54) is 4.90 Å². The number of nitrogens with zero attached hydrogens (tertiary/aromatic N) is 2. The first-order chi connectivity index (χ1) is 7.16. The average molecular weight is 207 g/mol. The van der Waals surface area contributed by atoms with Crippen LogP contribution in [0.5, 0.6) is 0 Å². The largest absolute Gasteiger partial charge is 0.285 e. The van der Waals surface area contributed by atoms with E-state index in [1.54, 1.807) is 12.4 Å². The number of aromatic amines is 1. The van der Waals surface area contributed by atoms with Gasteiger partial charge >= 0.3 is 0 Å². The summed E-state index contributed by atoms with van der Waals surface area (Å²) in [7, 11) is 0. The first kappa shape index (κ1) is 9.89. The smallest absolute Gasteiger partial charge is 0.229 e. The van der Waals surface area contributed by atoms with Crippen molar-refractivity contribution >= 4 is 11.8 Å². The van der Waals surface area contributed by atoms with Crippen molar-refractivity contribution in [2.75, 3.05) is 0 Å². The summed E-state index contributed by atoms with van der Waals surface area (Å²) >= 11 is 0. The van der Waals surface area contributed by atoms with E-state index >= 15 is 0 Å². The van der Waals surface area contributed by atoms with E-state index < -0.39 is 0 Å². The molecule has 0 atom stereocenters. The highest BCUT2D eigenvalue weighted by atomic mass is 16.2. The van der Waals surface area contributed by atoms with E-state index in [1.807, 2.05) is 6.92 Å². The first-order valence-electron chi connectivity index (χ1n) is 4.97. The molecule has 2 amide bonds. The molecule has 1 fully saturated rings. The van der Waals surface area contributed by atoms with Crippen LogP contribution in [-0.4, -0.2) is 26.9 Å². The van der Waals surface area contributed by atoms with Crippen molar-refractivity contribution in [1.29, 1.82) is 0 Å². The van der Waals surface area contributed by atoms with Crippen molar-refractivity contribution in [2.24, 2.45) is 5.92 Å². The number of likely N-dealkylation sites (tertiary alicyclic amines) is 1. The van der Waals surface area contributed by atoms with Gasteiger partial charge in [-0.15, -0.1) is 0 Å². The molecule has 0 spiro atoms. The van der Waals surface area contributed by atoms with Gasteiger partial charge in [-0.05, 0) is 5.92 Å². The molecule has 0 bridgehead atoms. The fraction of sp³-hybridized carbons (Fsp3) is 0.500. The van der Waals surface area contributed by atoms with Gasteiger partial charge in [0.05, 0.1) is 12.7 Å². The number of imide groups is 1. The van der Waals surface area contributed by atoms with Gasteiger partial charge in [0.1, 0.15) is 0 Å². The minimum Gasteiger partial charge on any atom is -0.285 e. The van der Waals surface area contributed by atoms with Crippen molar-refractivity contribution in [3.8, 4) is 0 Å². The van der Waals surface area contributed by atoms with Gasteiger partial charge in [0, 0.05) is 24.6 Å². The van der Waals surface area contributed by atoms with Crippen molar-refractivity contribution in [2.45, 2.75) is 26.3 Å². The molecule has 1 saturated heterocycles. The highest BCUT2D eigenvalue weighted by molar-refractivity contribution is 5.97. The Morgan fingerprint density at radius 3 is 2.67 bits per heavy atom. The Balaban J connectivity index is 2.08. The summed E-state index contributed by atoms with van der Waals surface area (Å²) in [4.78, 5) is 24.5. The molecule has 2 heterocycles. The number of carbonyl (C=O) groups excluding carboxylic acids is 2. The molecule has 5 nitrogen and oxygen atoms in total. The predicted molar refractivity (Wildman–Crippen MR) is 52.5 cm³/mol. The zero-order valence-electron chi connectivity index (χ0n) is 8.56. The lowest BCUT2D eigenvalue weighted by molar-refractivity contribution is -0.150. The van der Waals surface area contributed by atoms with Crippen molar-refractivity contribution in [3.05, 3.63) is 18.0 Å². The number of aromatic nitrogens is 2. The van der Waals surface area contributed by atoms with Crippen molar-refractivity contribution in [3.63, 3.8) is 0 Å². The van der Waals surface area contributed by atoms with Gasteiger partial charge in [-0.2, -0.15) is 5.10 Å². The number of hydrogen-bond donors (Lipinski definition) is 1. The molecule has 2 rings (SSSR count). The molecule has 15 heavy (non-hydrogen) atoms. The zero-order chi connectivity index (χ0) is 10.8. The lowest BCUT2D eigenvalue weighted by atomic mass is 9.97. The Bertz CT molecular complexity index is 354. The topological polar surface area (TPSA) is 66.1 Å². The molecule has 80 valence electrons. The van der Waals surface area contributed by atoms with E-state index in [9.17, 15) is 9.59 Å². The van der Waals surface area contributed by atoms with Crippen LogP contribution in [0, 0.1) is 5.92 Å². The molecule has 0 aliphatic carbocycles. The maximum atomic E-state index is 11.6. The van der Waals surface area contributed by atoms with Crippen molar-refractivity contribution in [1.82, 2.24) is 15.1 Å². The van der Waals surface area contributed by atoms with E-state index in [4.69, 9.17) is 0 Å². The Kier molecular flexibility index (Phi) is 2.53. The Hall–Kier alpha value is -1.65. The van der Waals surface area contributed by atoms with Crippen LogP contribution >= 0.6 is 0 Å². The highest BCUT2D eigenvalue weighted by Gasteiger charge is 2.30.